The van der Waals surface area contributed by atoms with Gasteiger partial charge in [-0.05, 0) is 36.1 Å². The first kappa shape index (κ1) is 9.34. The summed E-state index contributed by atoms with van der Waals surface area (Å²) in [5, 5.41) is 9.24. The molecule has 14 heavy (non-hydrogen) atoms. The molecule has 74 valence electrons. The van der Waals surface area contributed by atoms with E-state index in [0.29, 0.717) is 18.4 Å². The first-order valence-corrected chi connectivity index (χ1v) is 4.50. The Morgan fingerprint density at radius 3 is 2.29 bits per heavy atom. The van der Waals surface area contributed by atoms with Crippen LogP contribution < -0.4 is 0 Å². The molecule has 0 aromatic heterocycles. The summed E-state index contributed by atoms with van der Waals surface area (Å²) in [5.41, 5.74) is 1.34. The Labute approximate surface area is 80.7 Å². The molecule has 2 rings (SSSR count). The van der Waals surface area contributed by atoms with Crippen LogP contribution in [0.25, 0.3) is 5.57 Å². The van der Waals surface area contributed by atoms with E-state index in [1.54, 1.807) is 6.08 Å². The Bertz CT molecular complexity index is 365. The monoisotopic (exact) mass is 196 g/mol. The van der Waals surface area contributed by atoms with Gasteiger partial charge in [-0.15, -0.1) is 0 Å². The molecule has 1 unspecified atom stereocenters. The van der Waals surface area contributed by atoms with Crippen LogP contribution in [0.5, 0.6) is 0 Å². The Morgan fingerprint density at radius 1 is 1.14 bits per heavy atom. The first-order valence-electron chi connectivity index (χ1n) is 4.50. The molecule has 0 amide bonds. The predicted molar refractivity (Wildman–Crippen MR) is 49.6 cm³/mol. The molecular weight excluding hydrogens is 186 g/mol. The summed E-state index contributed by atoms with van der Waals surface area (Å²) in [4.78, 5) is 0. The number of benzene rings is 1. The van der Waals surface area contributed by atoms with E-state index in [2.05, 4.69) is 0 Å². The van der Waals surface area contributed by atoms with Gasteiger partial charge in [-0.3, -0.25) is 0 Å². The second-order valence-electron chi connectivity index (χ2n) is 3.46. The summed E-state index contributed by atoms with van der Waals surface area (Å²) in [7, 11) is 0. The van der Waals surface area contributed by atoms with Crippen LogP contribution in [-0.2, 0) is 0 Å². The number of aliphatic hydroxyl groups excluding tert-OH is 1. The number of hydrogen-bond acceptors (Lipinski definition) is 1. The van der Waals surface area contributed by atoms with Gasteiger partial charge in [0.05, 0.1) is 6.10 Å². The molecule has 0 radical (unpaired) electrons. The van der Waals surface area contributed by atoms with Crippen LogP contribution in [-0.4, -0.2) is 11.2 Å². The molecule has 1 aromatic carbocycles. The van der Waals surface area contributed by atoms with Crippen LogP contribution in [0.2, 0.25) is 0 Å². The van der Waals surface area contributed by atoms with E-state index >= 15 is 0 Å². The molecule has 0 aliphatic heterocycles. The van der Waals surface area contributed by atoms with E-state index in [1.165, 1.54) is 12.1 Å². The van der Waals surface area contributed by atoms with E-state index in [9.17, 15) is 13.9 Å². The zero-order valence-corrected chi connectivity index (χ0v) is 7.50. The number of rotatable bonds is 1. The molecule has 3 heteroatoms. The molecule has 0 bridgehead atoms. The van der Waals surface area contributed by atoms with Crippen LogP contribution in [0, 0.1) is 11.6 Å². The third-order valence-electron chi connectivity index (χ3n) is 2.34. The lowest BCUT2D eigenvalue weighted by molar-refractivity contribution is 0.223. The van der Waals surface area contributed by atoms with Crippen molar-refractivity contribution >= 4 is 5.57 Å². The predicted octanol–water partition coefficient (Wildman–Crippen LogP) is 2.50. The van der Waals surface area contributed by atoms with Crippen LogP contribution in [0.15, 0.2) is 24.3 Å². The quantitative estimate of drug-likeness (QED) is 0.731. The second kappa shape index (κ2) is 3.50. The summed E-state index contributed by atoms with van der Waals surface area (Å²) in [6.45, 7) is 0. The van der Waals surface area contributed by atoms with Gasteiger partial charge in [-0.1, -0.05) is 6.08 Å². The Balaban J connectivity index is 2.37. The average Bonchev–Trinajstić information content (AvgIpc) is 2.50. The Hall–Kier alpha value is -1.22. The maximum absolute atomic E-state index is 12.8. The molecule has 1 atom stereocenters. The standard InChI is InChI=1S/C11H10F2O/c12-9-3-8(4-10(13)6-9)7-1-2-11(14)5-7/h3-6,11,14H,1-2H2. The molecule has 1 nitrogen and oxygen atoms in total. The van der Waals surface area contributed by atoms with E-state index in [-0.39, 0.29) is 0 Å². The second-order valence-corrected chi connectivity index (χ2v) is 3.46. The zero-order valence-electron chi connectivity index (χ0n) is 7.50. The number of aliphatic hydroxyl groups is 1. The fourth-order valence-electron chi connectivity index (χ4n) is 1.68. The molecule has 1 N–H and O–H groups in total. The molecule has 0 heterocycles. The third-order valence-corrected chi connectivity index (χ3v) is 2.34. The van der Waals surface area contributed by atoms with E-state index in [1.807, 2.05) is 0 Å². The minimum Gasteiger partial charge on any atom is -0.389 e. The van der Waals surface area contributed by atoms with Crippen molar-refractivity contribution in [2.45, 2.75) is 18.9 Å². The smallest absolute Gasteiger partial charge is 0.126 e. The van der Waals surface area contributed by atoms with E-state index in [4.69, 9.17) is 0 Å². The molecular formula is C11H10F2O. The minimum atomic E-state index is -0.581. The first-order chi connectivity index (χ1) is 6.65. The summed E-state index contributed by atoms with van der Waals surface area (Å²) in [5.74, 6) is -1.16. The maximum Gasteiger partial charge on any atom is 0.126 e. The maximum atomic E-state index is 12.8. The molecule has 1 aliphatic rings. The molecule has 1 aliphatic carbocycles. The number of allylic oxidation sites excluding steroid dienone is 1. The lowest BCUT2D eigenvalue weighted by Gasteiger charge is -2.01. The average molecular weight is 196 g/mol. The van der Waals surface area contributed by atoms with Gasteiger partial charge in [0.1, 0.15) is 11.6 Å². The lowest BCUT2D eigenvalue weighted by atomic mass is 10.1. The number of hydrogen-bond donors (Lipinski definition) is 1. The lowest BCUT2D eigenvalue weighted by Crippen LogP contribution is -1.93. The largest absolute Gasteiger partial charge is 0.389 e. The zero-order chi connectivity index (χ0) is 10.1. The van der Waals surface area contributed by atoms with Gasteiger partial charge in [0, 0.05) is 6.07 Å². The fourth-order valence-corrected chi connectivity index (χ4v) is 1.68. The van der Waals surface area contributed by atoms with Gasteiger partial charge in [-0.25, -0.2) is 8.78 Å². The van der Waals surface area contributed by atoms with E-state index < -0.39 is 17.7 Å². The van der Waals surface area contributed by atoms with Crippen molar-refractivity contribution in [2.75, 3.05) is 0 Å². The van der Waals surface area contributed by atoms with Crippen LogP contribution in [0.3, 0.4) is 0 Å². The topological polar surface area (TPSA) is 20.2 Å². The fraction of sp³-hybridized carbons (Fsp3) is 0.273. The number of halogens is 2. The molecule has 0 saturated heterocycles. The van der Waals surface area contributed by atoms with Gasteiger partial charge in [-0.2, -0.15) is 0 Å². The van der Waals surface area contributed by atoms with Crippen molar-refractivity contribution in [1.82, 2.24) is 0 Å². The van der Waals surface area contributed by atoms with Crippen molar-refractivity contribution in [3.05, 3.63) is 41.5 Å². The van der Waals surface area contributed by atoms with Crippen LogP contribution in [0.4, 0.5) is 8.78 Å². The third kappa shape index (κ3) is 1.82. The molecule has 0 fully saturated rings. The highest BCUT2D eigenvalue weighted by Gasteiger charge is 2.15. The molecule has 0 spiro atoms. The Morgan fingerprint density at radius 2 is 1.79 bits per heavy atom. The van der Waals surface area contributed by atoms with Gasteiger partial charge >= 0.3 is 0 Å². The van der Waals surface area contributed by atoms with Crippen LogP contribution >= 0.6 is 0 Å². The van der Waals surface area contributed by atoms with Gasteiger partial charge < -0.3 is 5.11 Å². The van der Waals surface area contributed by atoms with Gasteiger partial charge in [0.2, 0.25) is 0 Å². The van der Waals surface area contributed by atoms with Crippen molar-refractivity contribution in [2.24, 2.45) is 0 Å². The molecule has 1 aromatic rings. The summed E-state index contributed by atoms with van der Waals surface area (Å²) in [6.07, 6.45) is 2.47. The summed E-state index contributed by atoms with van der Waals surface area (Å²) < 4.78 is 25.7. The van der Waals surface area contributed by atoms with Gasteiger partial charge in [0.25, 0.3) is 0 Å². The minimum absolute atomic E-state index is 0.476. The normalized spacial score (nSPS) is 21.1. The van der Waals surface area contributed by atoms with Crippen molar-refractivity contribution < 1.29 is 13.9 Å². The summed E-state index contributed by atoms with van der Waals surface area (Å²) >= 11 is 0. The van der Waals surface area contributed by atoms with Crippen molar-refractivity contribution in [3.63, 3.8) is 0 Å². The van der Waals surface area contributed by atoms with Crippen LogP contribution in [0.1, 0.15) is 18.4 Å². The highest BCUT2D eigenvalue weighted by atomic mass is 19.1. The van der Waals surface area contributed by atoms with Crippen molar-refractivity contribution in [1.29, 1.82) is 0 Å². The highest BCUT2D eigenvalue weighted by molar-refractivity contribution is 5.68. The van der Waals surface area contributed by atoms with E-state index in [0.717, 1.165) is 11.6 Å². The van der Waals surface area contributed by atoms with Crippen molar-refractivity contribution in [3.8, 4) is 0 Å². The molecule has 0 saturated carbocycles. The highest BCUT2D eigenvalue weighted by Crippen LogP contribution is 2.28. The summed E-state index contributed by atoms with van der Waals surface area (Å²) in [6, 6.07) is 3.41. The van der Waals surface area contributed by atoms with Gasteiger partial charge in [0.15, 0.2) is 0 Å². The Kier molecular flexibility index (Phi) is 2.33. The SMILES string of the molecule is OC1C=C(c2cc(F)cc(F)c2)CC1.